The average Bonchev–Trinajstić information content (AvgIpc) is 3.08. The molecule has 2 fully saturated rings. The Kier molecular flexibility index (Phi) is 3.78. The van der Waals surface area contributed by atoms with Crippen molar-refractivity contribution in [3.8, 4) is 0 Å². The molecular weight excluding hydrogens is 254 g/mol. The van der Waals surface area contributed by atoms with Crippen LogP contribution in [0.5, 0.6) is 0 Å². The maximum atomic E-state index is 4.33. The van der Waals surface area contributed by atoms with Crippen LogP contribution < -0.4 is 10.6 Å². The van der Waals surface area contributed by atoms with Gasteiger partial charge in [-0.3, -0.25) is 4.99 Å². The molecule has 0 radical (unpaired) electrons. The van der Waals surface area contributed by atoms with E-state index < -0.39 is 0 Å². The Bertz CT molecular complexity index is 430. The van der Waals surface area contributed by atoms with Gasteiger partial charge in [0.25, 0.3) is 0 Å². The number of nitrogens with zero attached hydrogens (tertiary/aromatic N) is 1. The number of rotatable bonds is 5. The number of guanidine groups is 1. The highest BCUT2D eigenvalue weighted by Gasteiger charge is 2.48. The van der Waals surface area contributed by atoms with Crippen molar-refractivity contribution in [3.63, 3.8) is 0 Å². The zero-order valence-electron chi connectivity index (χ0n) is 11.6. The second-order valence-electron chi connectivity index (χ2n) is 5.85. The van der Waals surface area contributed by atoms with E-state index in [1.54, 1.807) is 11.3 Å². The molecule has 0 bridgehead atoms. The zero-order chi connectivity index (χ0) is 13.1. The predicted molar refractivity (Wildman–Crippen MR) is 81.5 cm³/mol. The summed E-state index contributed by atoms with van der Waals surface area (Å²) in [5.41, 5.74) is 0.598. The van der Waals surface area contributed by atoms with E-state index in [0.717, 1.165) is 25.0 Å². The van der Waals surface area contributed by atoms with Gasteiger partial charge in [-0.25, -0.2) is 0 Å². The third-order valence-electron chi connectivity index (χ3n) is 4.63. The molecule has 0 saturated heterocycles. The minimum atomic E-state index is 0.598. The standard InChI is InChI=1S/C15H23N3S/c1-16-14(17-10-13-4-2-9-19-13)18-11-15(7-3-8-15)12-5-6-12/h2,4,9,12H,3,5-8,10-11H2,1H3,(H2,16,17,18). The number of aliphatic imine (C=N–C) groups is 1. The fraction of sp³-hybridized carbons (Fsp3) is 0.667. The summed E-state index contributed by atoms with van der Waals surface area (Å²) in [4.78, 5) is 5.68. The first-order chi connectivity index (χ1) is 9.32. The van der Waals surface area contributed by atoms with Crippen LogP contribution in [0.15, 0.2) is 22.5 Å². The van der Waals surface area contributed by atoms with Crippen molar-refractivity contribution in [2.45, 2.75) is 38.6 Å². The van der Waals surface area contributed by atoms with Gasteiger partial charge in [-0.05, 0) is 48.5 Å². The van der Waals surface area contributed by atoms with E-state index in [0.29, 0.717) is 5.41 Å². The molecule has 0 unspecified atom stereocenters. The zero-order valence-corrected chi connectivity index (χ0v) is 12.4. The second-order valence-corrected chi connectivity index (χ2v) is 6.88. The molecule has 1 aromatic rings. The van der Waals surface area contributed by atoms with Gasteiger partial charge in [-0.15, -0.1) is 11.3 Å². The summed E-state index contributed by atoms with van der Waals surface area (Å²) in [5, 5.41) is 9.06. The fourth-order valence-electron chi connectivity index (χ4n) is 3.12. The number of nitrogens with one attached hydrogen (secondary N) is 2. The van der Waals surface area contributed by atoms with E-state index in [-0.39, 0.29) is 0 Å². The second kappa shape index (κ2) is 5.53. The summed E-state index contributed by atoms with van der Waals surface area (Å²) in [6.45, 7) is 1.97. The highest BCUT2D eigenvalue weighted by Crippen LogP contribution is 2.56. The van der Waals surface area contributed by atoms with Crippen molar-refractivity contribution in [1.29, 1.82) is 0 Å². The lowest BCUT2D eigenvalue weighted by molar-refractivity contribution is 0.106. The SMILES string of the molecule is CN=C(NCc1cccs1)NCC1(C2CC2)CCC1. The van der Waals surface area contributed by atoms with Crippen LogP contribution in [0.1, 0.15) is 37.0 Å². The van der Waals surface area contributed by atoms with Crippen molar-refractivity contribution in [2.24, 2.45) is 16.3 Å². The molecule has 2 aliphatic carbocycles. The molecule has 2 saturated carbocycles. The van der Waals surface area contributed by atoms with Gasteiger partial charge >= 0.3 is 0 Å². The average molecular weight is 277 g/mol. The molecule has 1 heterocycles. The van der Waals surface area contributed by atoms with Gasteiger partial charge in [-0.2, -0.15) is 0 Å². The van der Waals surface area contributed by atoms with E-state index in [1.165, 1.54) is 37.0 Å². The van der Waals surface area contributed by atoms with Crippen molar-refractivity contribution < 1.29 is 0 Å². The number of thiophene rings is 1. The Balaban J connectivity index is 1.47. The largest absolute Gasteiger partial charge is 0.356 e. The van der Waals surface area contributed by atoms with Crippen LogP contribution in [0.4, 0.5) is 0 Å². The molecule has 0 spiro atoms. The normalized spacial score (nSPS) is 21.8. The summed E-state index contributed by atoms with van der Waals surface area (Å²) in [6.07, 6.45) is 7.13. The summed E-state index contributed by atoms with van der Waals surface area (Å²) in [5.74, 6) is 1.93. The molecule has 0 amide bonds. The van der Waals surface area contributed by atoms with Crippen molar-refractivity contribution in [3.05, 3.63) is 22.4 Å². The van der Waals surface area contributed by atoms with Crippen LogP contribution in [0.2, 0.25) is 0 Å². The number of hydrogen-bond donors (Lipinski definition) is 2. The molecule has 104 valence electrons. The predicted octanol–water partition coefficient (Wildman–Crippen LogP) is 2.99. The Morgan fingerprint density at radius 1 is 1.42 bits per heavy atom. The molecule has 0 aromatic carbocycles. The van der Waals surface area contributed by atoms with Crippen LogP contribution in [0.3, 0.4) is 0 Å². The lowest BCUT2D eigenvalue weighted by atomic mass is 9.65. The van der Waals surface area contributed by atoms with Gasteiger partial charge in [0.15, 0.2) is 5.96 Å². The van der Waals surface area contributed by atoms with E-state index in [2.05, 4.69) is 33.1 Å². The van der Waals surface area contributed by atoms with E-state index in [1.807, 2.05) is 7.05 Å². The molecule has 2 N–H and O–H groups in total. The molecule has 0 aliphatic heterocycles. The topological polar surface area (TPSA) is 36.4 Å². The summed E-state index contributed by atoms with van der Waals surface area (Å²) >= 11 is 1.78. The Morgan fingerprint density at radius 3 is 2.79 bits per heavy atom. The van der Waals surface area contributed by atoms with Crippen LogP contribution in [-0.4, -0.2) is 19.6 Å². The maximum absolute atomic E-state index is 4.33. The fourth-order valence-corrected chi connectivity index (χ4v) is 3.76. The molecule has 19 heavy (non-hydrogen) atoms. The minimum Gasteiger partial charge on any atom is -0.356 e. The third-order valence-corrected chi connectivity index (χ3v) is 5.51. The molecule has 2 aliphatic rings. The summed E-state index contributed by atoms with van der Waals surface area (Å²) < 4.78 is 0. The Labute approximate surface area is 119 Å². The van der Waals surface area contributed by atoms with E-state index in [4.69, 9.17) is 0 Å². The van der Waals surface area contributed by atoms with E-state index in [9.17, 15) is 0 Å². The van der Waals surface area contributed by atoms with Gasteiger partial charge in [0.2, 0.25) is 0 Å². The molecule has 3 rings (SSSR count). The van der Waals surface area contributed by atoms with Crippen LogP contribution in [-0.2, 0) is 6.54 Å². The monoisotopic (exact) mass is 277 g/mol. The highest BCUT2D eigenvalue weighted by molar-refractivity contribution is 7.09. The molecule has 1 aromatic heterocycles. The molecule has 0 atom stereocenters. The minimum absolute atomic E-state index is 0.598. The first kappa shape index (κ1) is 13.0. The van der Waals surface area contributed by atoms with Crippen LogP contribution >= 0.6 is 11.3 Å². The van der Waals surface area contributed by atoms with Gasteiger partial charge in [0.05, 0.1) is 6.54 Å². The summed E-state index contributed by atoms with van der Waals surface area (Å²) in [7, 11) is 1.86. The first-order valence-electron chi connectivity index (χ1n) is 7.29. The summed E-state index contributed by atoms with van der Waals surface area (Å²) in [6, 6.07) is 4.25. The van der Waals surface area contributed by atoms with E-state index >= 15 is 0 Å². The van der Waals surface area contributed by atoms with Crippen molar-refractivity contribution in [1.82, 2.24) is 10.6 Å². The smallest absolute Gasteiger partial charge is 0.191 e. The van der Waals surface area contributed by atoms with Crippen molar-refractivity contribution >= 4 is 17.3 Å². The molecule has 3 nitrogen and oxygen atoms in total. The molecule has 4 heteroatoms. The highest BCUT2D eigenvalue weighted by atomic mass is 32.1. The first-order valence-corrected chi connectivity index (χ1v) is 8.17. The lowest BCUT2D eigenvalue weighted by Gasteiger charge is -2.43. The van der Waals surface area contributed by atoms with Crippen LogP contribution in [0, 0.1) is 11.3 Å². The van der Waals surface area contributed by atoms with Gasteiger partial charge in [-0.1, -0.05) is 12.5 Å². The van der Waals surface area contributed by atoms with Gasteiger partial charge in [0, 0.05) is 18.5 Å². The van der Waals surface area contributed by atoms with Crippen molar-refractivity contribution in [2.75, 3.05) is 13.6 Å². The quantitative estimate of drug-likeness (QED) is 0.641. The third kappa shape index (κ3) is 2.94. The Morgan fingerprint density at radius 2 is 2.26 bits per heavy atom. The van der Waals surface area contributed by atoms with Gasteiger partial charge < -0.3 is 10.6 Å². The Hall–Kier alpha value is -1.03. The lowest BCUT2D eigenvalue weighted by Crippen LogP contribution is -2.47. The molecular formula is C15H23N3S. The number of hydrogen-bond acceptors (Lipinski definition) is 2. The maximum Gasteiger partial charge on any atom is 0.191 e. The van der Waals surface area contributed by atoms with Gasteiger partial charge in [0.1, 0.15) is 0 Å². The van der Waals surface area contributed by atoms with Crippen LogP contribution in [0.25, 0.3) is 0 Å².